The minimum absolute atomic E-state index is 0.148. The second-order valence-corrected chi connectivity index (χ2v) is 5.46. The first-order chi connectivity index (χ1) is 11.1. The molecule has 0 aromatic heterocycles. The molecule has 1 heterocycles. The van der Waals surface area contributed by atoms with E-state index in [4.69, 9.17) is 32.7 Å². The van der Waals surface area contributed by atoms with Gasteiger partial charge in [0.15, 0.2) is 5.70 Å². The number of esters is 1. The van der Waals surface area contributed by atoms with Crippen LogP contribution in [0.4, 0.5) is 0 Å². The summed E-state index contributed by atoms with van der Waals surface area (Å²) in [6, 6.07) is 12.3. The summed E-state index contributed by atoms with van der Waals surface area (Å²) in [7, 11) is 1.54. The highest BCUT2D eigenvalue weighted by Crippen LogP contribution is 2.29. The van der Waals surface area contributed by atoms with Crippen LogP contribution < -0.4 is 4.74 Å². The Balaban J connectivity index is 2.02. The first kappa shape index (κ1) is 15.6. The van der Waals surface area contributed by atoms with Gasteiger partial charge in [-0.25, -0.2) is 9.79 Å². The maximum absolute atomic E-state index is 12.0. The van der Waals surface area contributed by atoms with Crippen LogP contribution in [0.3, 0.4) is 0 Å². The number of rotatable bonds is 3. The van der Waals surface area contributed by atoms with Crippen molar-refractivity contribution in [1.82, 2.24) is 0 Å². The molecule has 0 saturated heterocycles. The molecule has 0 spiro atoms. The van der Waals surface area contributed by atoms with Gasteiger partial charge in [0, 0.05) is 0 Å². The van der Waals surface area contributed by atoms with Crippen LogP contribution in [0.1, 0.15) is 11.1 Å². The highest BCUT2D eigenvalue weighted by Gasteiger charge is 2.26. The maximum Gasteiger partial charge on any atom is 0.363 e. The summed E-state index contributed by atoms with van der Waals surface area (Å²) in [5.74, 6) is 0.208. The van der Waals surface area contributed by atoms with Gasteiger partial charge in [0.1, 0.15) is 5.75 Å². The first-order valence-electron chi connectivity index (χ1n) is 6.70. The van der Waals surface area contributed by atoms with Crippen LogP contribution in [0.5, 0.6) is 5.75 Å². The average molecular weight is 348 g/mol. The third-order valence-corrected chi connectivity index (χ3v) is 4.07. The van der Waals surface area contributed by atoms with Crippen LogP contribution in [-0.2, 0) is 9.53 Å². The van der Waals surface area contributed by atoms with Crippen LogP contribution in [0.25, 0.3) is 6.08 Å². The van der Waals surface area contributed by atoms with E-state index in [1.807, 2.05) is 12.1 Å². The largest absolute Gasteiger partial charge is 0.496 e. The molecule has 0 saturated carbocycles. The van der Waals surface area contributed by atoms with Gasteiger partial charge >= 0.3 is 5.97 Å². The van der Waals surface area contributed by atoms with Crippen molar-refractivity contribution in [1.29, 1.82) is 0 Å². The van der Waals surface area contributed by atoms with Gasteiger partial charge in [-0.1, -0.05) is 47.5 Å². The molecule has 4 nitrogen and oxygen atoms in total. The van der Waals surface area contributed by atoms with E-state index in [1.54, 1.807) is 43.5 Å². The van der Waals surface area contributed by atoms with Crippen molar-refractivity contribution < 1.29 is 14.3 Å². The Morgan fingerprint density at radius 1 is 1.13 bits per heavy atom. The van der Waals surface area contributed by atoms with Gasteiger partial charge < -0.3 is 9.47 Å². The molecule has 0 fully saturated rings. The molecule has 2 aromatic rings. The smallest absolute Gasteiger partial charge is 0.363 e. The highest BCUT2D eigenvalue weighted by atomic mass is 35.5. The fourth-order valence-electron chi connectivity index (χ4n) is 2.12. The Hall–Kier alpha value is -2.30. The van der Waals surface area contributed by atoms with Crippen molar-refractivity contribution in [3.63, 3.8) is 0 Å². The molecular formula is C17H11Cl2NO3. The lowest BCUT2D eigenvalue weighted by atomic mass is 10.2. The van der Waals surface area contributed by atoms with E-state index in [1.165, 1.54) is 0 Å². The Morgan fingerprint density at radius 3 is 2.70 bits per heavy atom. The lowest BCUT2D eigenvalue weighted by Gasteiger charge is -2.05. The number of methoxy groups -OCH3 is 1. The Kier molecular flexibility index (Phi) is 4.37. The molecule has 1 aliphatic rings. The van der Waals surface area contributed by atoms with Crippen molar-refractivity contribution in [3.8, 4) is 5.75 Å². The van der Waals surface area contributed by atoms with Crippen molar-refractivity contribution in [2.24, 2.45) is 4.99 Å². The van der Waals surface area contributed by atoms with E-state index in [-0.39, 0.29) is 11.6 Å². The van der Waals surface area contributed by atoms with E-state index >= 15 is 0 Å². The van der Waals surface area contributed by atoms with E-state index < -0.39 is 5.97 Å². The zero-order chi connectivity index (χ0) is 16.4. The number of benzene rings is 2. The highest BCUT2D eigenvalue weighted by molar-refractivity contribution is 6.43. The third kappa shape index (κ3) is 3.09. The molecular weight excluding hydrogens is 337 g/mol. The molecule has 3 rings (SSSR count). The number of hydrogen-bond acceptors (Lipinski definition) is 4. The molecule has 1 aliphatic heterocycles. The number of para-hydroxylation sites is 1. The number of nitrogens with zero attached hydrogens (tertiary/aromatic N) is 1. The number of ether oxygens (including phenoxy) is 2. The molecule has 0 radical (unpaired) electrons. The van der Waals surface area contributed by atoms with Crippen molar-refractivity contribution in [2.75, 3.05) is 7.11 Å². The molecule has 23 heavy (non-hydrogen) atoms. The summed E-state index contributed by atoms with van der Waals surface area (Å²) in [4.78, 5) is 16.3. The molecule has 0 unspecified atom stereocenters. The van der Waals surface area contributed by atoms with Crippen LogP contribution >= 0.6 is 23.2 Å². The lowest BCUT2D eigenvalue weighted by molar-refractivity contribution is -0.129. The van der Waals surface area contributed by atoms with Gasteiger partial charge in [-0.2, -0.15) is 0 Å². The zero-order valence-corrected chi connectivity index (χ0v) is 13.6. The average Bonchev–Trinajstić information content (AvgIpc) is 2.92. The third-order valence-electron chi connectivity index (χ3n) is 3.23. The molecule has 6 heteroatoms. The molecule has 0 amide bonds. The maximum atomic E-state index is 12.0. The van der Waals surface area contributed by atoms with E-state index in [2.05, 4.69) is 4.99 Å². The van der Waals surface area contributed by atoms with Gasteiger partial charge in [0.25, 0.3) is 0 Å². The molecule has 0 atom stereocenters. The SMILES string of the molecule is COc1ccccc1C1=N/C(=C\c2cccc(Cl)c2Cl)C(=O)O1. The Morgan fingerprint density at radius 2 is 1.91 bits per heavy atom. The summed E-state index contributed by atoms with van der Waals surface area (Å²) in [5.41, 5.74) is 1.34. The molecule has 0 bridgehead atoms. The van der Waals surface area contributed by atoms with Gasteiger partial charge in [0.05, 0.1) is 22.7 Å². The molecule has 0 N–H and O–H groups in total. The normalized spacial score (nSPS) is 15.5. The van der Waals surface area contributed by atoms with Crippen LogP contribution in [0.2, 0.25) is 10.0 Å². The predicted octanol–water partition coefficient (Wildman–Crippen LogP) is 4.35. The summed E-state index contributed by atoms with van der Waals surface area (Å²) in [6.45, 7) is 0. The van der Waals surface area contributed by atoms with Gasteiger partial charge in [-0.05, 0) is 29.8 Å². The second-order valence-electron chi connectivity index (χ2n) is 4.68. The lowest BCUT2D eigenvalue weighted by Crippen LogP contribution is -2.06. The monoisotopic (exact) mass is 347 g/mol. The fourth-order valence-corrected chi connectivity index (χ4v) is 2.49. The Bertz CT molecular complexity index is 843. The quantitative estimate of drug-likeness (QED) is 0.612. The molecule has 2 aromatic carbocycles. The minimum atomic E-state index is -0.554. The van der Waals surface area contributed by atoms with Crippen LogP contribution in [0.15, 0.2) is 53.2 Å². The van der Waals surface area contributed by atoms with Gasteiger partial charge in [-0.3, -0.25) is 0 Å². The molecule has 116 valence electrons. The second kappa shape index (κ2) is 6.44. The van der Waals surface area contributed by atoms with Crippen molar-refractivity contribution >= 4 is 41.1 Å². The van der Waals surface area contributed by atoms with Gasteiger partial charge in [-0.15, -0.1) is 0 Å². The number of cyclic esters (lactones) is 1. The van der Waals surface area contributed by atoms with Crippen LogP contribution in [-0.4, -0.2) is 19.0 Å². The number of aliphatic imine (C=N–C) groups is 1. The summed E-state index contributed by atoms with van der Waals surface area (Å²) >= 11 is 12.1. The van der Waals surface area contributed by atoms with Crippen molar-refractivity contribution in [2.45, 2.75) is 0 Å². The number of carbonyl (C=O) groups excluding carboxylic acids is 1. The number of halogens is 2. The Labute approximate surface area is 143 Å². The van der Waals surface area contributed by atoms with E-state index in [0.717, 1.165) is 0 Å². The minimum Gasteiger partial charge on any atom is -0.496 e. The van der Waals surface area contributed by atoms with E-state index in [9.17, 15) is 4.79 Å². The summed E-state index contributed by atoms with van der Waals surface area (Å²) in [5, 5.41) is 0.761. The fraction of sp³-hybridized carbons (Fsp3) is 0.0588. The topological polar surface area (TPSA) is 47.9 Å². The first-order valence-corrected chi connectivity index (χ1v) is 7.45. The number of carbonyl (C=O) groups is 1. The predicted molar refractivity (Wildman–Crippen MR) is 90.1 cm³/mol. The summed E-state index contributed by atoms with van der Waals surface area (Å²) in [6.07, 6.45) is 1.54. The summed E-state index contributed by atoms with van der Waals surface area (Å²) < 4.78 is 10.5. The van der Waals surface area contributed by atoms with Crippen LogP contribution in [0, 0.1) is 0 Å². The zero-order valence-electron chi connectivity index (χ0n) is 12.0. The van der Waals surface area contributed by atoms with Gasteiger partial charge in [0.2, 0.25) is 5.90 Å². The van der Waals surface area contributed by atoms with E-state index in [0.29, 0.717) is 26.9 Å². The molecule has 0 aliphatic carbocycles. The number of hydrogen-bond donors (Lipinski definition) is 0. The standard InChI is InChI=1S/C17H11Cl2NO3/c1-22-14-8-3-2-6-11(14)16-20-13(17(21)23-16)9-10-5-4-7-12(18)15(10)19/h2-9H,1H3/b13-9-. The van der Waals surface area contributed by atoms with Crippen molar-refractivity contribution in [3.05, 3.63) is 69.3 Å².